The van der Waals surface area contributed by atoms with E-state index in [0.717, 1.165) is 5.56 Å². The number of rotatable bonds is 5. The summed E-state index contributed by atoms with van der Waals surface area (Å²) in [4.78, 5) is 53.8. The molecule has 0 aromatic heterocycles. The van der Waals surface area contributed by atoms with Crippen LogP contribution in [0.2, 0.25) is 0 Å². The lowest BCUT2D eigenvalue weighted by atomic mass is 9.76. The minimum atomic E-state index is -1.40. The summed E-state index contributed by atoms with van der Waals surface area (Å²) in [5, 5.41) is 6.19. The van der Waals surface area contributed by atoms with Gasteiger partial charge in [-0.3, -0.25) is 29.4 Å². The van der Waals surface area contributed by atoms with E-state index in [1.807, 2.05) is 19.1 Å². The molecule has 4 heterocycles. The van der Waals surface area contributed by atoms with Crippen molar-refractivity contribution in [1.82, 2.24) is 10.2 Å². The molecule has 2 saturated heterocycles. The predicted octanol–water partition coefficient (Wildman–Crippen LogP) is 0.910. The fraction of sp³-hybridized carbons (Fsp3) is 0.360. The summed E-state index contributed by atoms with van der Waals surface area (Å²) in [7, 11) is 0. The van der Waals surface area contributed by atoms with E-state index in [-0.39, 0.29) is 38.0 Å². The number of hydrogen-bond acceptors (Lipinski definition) is 7. The van der Waals surface area contributed by atoms with Crippen LogP contribution in [0.15, 0.2) is 36.4 Å². The SMILES string of the molecule is Cc1ccc2c(c1)[C@]1(N[C@@H](CCC(N)=O)[C@H]3C(=O)N(Cc4ccc5c(c4)OCO5)C(=O)[C@H]31)C(=O)N2. The van der Waals surface area contributed by atoms with Crippen LogP contribution in [0.1, 0.15) is 29.5 Å². The summed E-state index contributed by atoms with van der Waals surface area (Å²) >= 11 is 0. The number of carbonyl (C=O) groups excluding carboxylic acids is 4. The lowest BCUT2D eigenvalue weighted by Gasteiger charge is -2.29. The first-order chi connectivity index (χ1) is 16.8. The molecule has 0 bridgehead atoms. The third-order valence-electron chi connectivity index (χ3n) is 7.44. The summed E-state index contributed by atoms with van der Waals surface area (Å²) in [6.45, 7) is 2.07. The summed E-state index contributed by atoms with van der Waals surface area (Å²) in [5.74, 6) is -2.25. The van der Waals surface area contributed by atoms with Crippen molar-refractivity contribution in [3.63, 3.8) is 0 Å². The van der Waals surface area contributed by atoms with Gasteiger partial charge in [0.1, 0.15) is 5.54 Å². The van der Waals surface area contributed by atoms with E-state index in [1.54, 1.807) is 24.3 Å². The largest absolute Gasteiger partial charge is 0.454 e. The molecule has 1 spiro atoms. The molecule has 0 aliphatic carbocycles. The summed E-state index contributed by atoms with van der Waals surface area (Å²) < 4.78 is 10.8. The molecule has 4 aliphatic rings. The molecule has 4 atom stereocenters. The minimum absolute atomic E-state index is 0.0306. The van der Waals surface area contributed by atoms with Crippen LogP contribution in [0.25, 0.3) is 0 Å². The lowest BCUT2D eigenvalue weighted by Crippen LogP contribution is -2.53. The Labute approximate surface area is 200 Å². The number of carbonyl (C=O) groups is 4. The van der Waals surface area contributed by atoms with Gasteiger partial charge in [-0.2, -0.15) is 0 Å². The number of nitrogens with one attached hydrogen (secondary N) is 2. The fourth-order valence-electron chi connectivity index (χ4n) is 5.90. The van der Waals surface area contributed by atoms with Crippen molar-refractivity contribution in [1.29, 1.82) is 0 Å². The average molecular weight is 476 g/mol. The van der Waals surface area contributed by atoms with Gasteiger partial charge in [0, 0.05) is 23.7 Å². The highest BCUT2D eigenvalue weighted by molar-refractivity contribution is 6.15. The van der Waals surface area contributed by atoms with E-state index in [1.165, 1.54) is 4.90 Å². The van der Waals surface area contributed by atoms with Gasteiger partial charge < -0.3 is 20.5 Å². The van der Waals surface area contributed by atoms with Crippen molar-refractivity contribution < 1.29 is 28.7 Å². The molecule has 0 unspecified atom stereocenters. The summed E-state index contributed by atoms with van der Waals surface area (Å²) in [5.41, 5.74) is 6.87. The number of aryl methyl sites for hydroxylation is 1. The summed E-state index contributed by atoms with van der Waals surface area (Å²) in [6, 6.07) is 10.2. The maximum atomic E-state index is 13.9. The van der Waals surface area contributed by atoms with Gasteiger partial charge in [0.05, 0.1) is 18.4 Å². The highest BCUT2D eigenvalue weighted by Crippen LogP contribution is 2.54. The average Bonchev–Trinajstić information content (AvgIpc) is 3.55. The van der Waals surface area contributed by atoms with Gasteiger partial charge in [0.25, 0.3) is 0 Å². The van der Waals surface area contributed by atoms with Gasteiger partial charge in [-0.05, 0) is 37.1 Å². The second kappa shape index (κ2) is 7.54. The topological polar surface area (TPSA) is 140 Å². The molecule has 2 aromatic rings. The standard InChI is InChI=1S/C25H24N4O6/c1-12-2-4-15-14(8-12)25(24(33)27-15)21-20(16(28-25)5-7-19(26)30)22(31)29(23(21)32)10-13-3-6-17-18(9-13)35-11-34-17/h2-4,6,8-9,16,20-21,28H,5,7,10-11H2,1H3,(H2,26,30)(H,27,33)/t16-,20+,21-,25+/m0/s1. The van der Waals surface area contributed by atoms with Crippen LogP contribution in [0.5, 0.6) is 11.5 Å². The molecule has 4 N–H and O–H groups in total. The van der Waals surface area contributed by atoms with E-state index < -0.39 is 35.2 Å². The molecular weight excluding hydrogens is 452 g/mol. The monoisotopic (exact) mass is 476 g/mol. The number of primary amides is 1. The van der Waals surface area contributed by atoms with E-state index in [0.29, 0.717) is 28.3 Å². The van der Waals surface area contributed by atoms with Crippen molar-refractivity contribution in [3.05, 3.63) is 53.1 Å². The van der Waals surface area contributed by atoms with Crippen LogP contribution in [-0.2, 0) is 31.3 Å². The number of ether oxygens (including phenoxy) is 2. The van der Waals surface area contributed by atoms with E-state index >= 15 is 0 Å². The number of nitrogens with two attached hydrogens (primary N) is 1. The Bertz CT molecular complexity index is 1310. The first-order valence-electron chi connectivity index (χ1n) is 11.5. The van der Waals surface area contributed by atoms with Crippen LogP contribution >= 0.6 is 0 Å². The first-order valence-corrected chi connectivity index (χ1v) is 11.5. The molecule has 35 heavy (non-hydrogen) atoms. The predicted molar refractivity (Wildman–Crippen MR) is 122 cm³/mol. The third kappa shape index (κ3) is 3.06. The molecule has 10 nitrogen and oxygen atoms in total. The van der Waals surface area contributed by atoms with Gasteiger partial charge in [-0.1, -0.05) is 23.8 Å². The van der Waals surface area contributed by atoms with Crippen LogP contribution < -0.4 is 25.8 Å². The molecule has 2 aromatic carbocycles. The molecule has 10 heteroatoms. The zero-order valence-electron chi connectivity index (χ0n) is 19.0. The number of fused-ring (bicyclic) bond motifs is 5. The molecular formula is C25H24N4O6. The molecule has 0 radical (unpaired) electrons. The van der Waals surface area contributed by atoms with Gasteiger partial charge in [-0.15, -0.1) is 0 Å². The quantitative estimate of drug-likeness (QED) is 0.545. The van der Waals surface area contributed by atoms with Crippen LogP contribution in [0.4, 0.5) is 5.69 Å². The van der Waals surface area contributed by atoms with Crippen molar-refractivity contribution in [2.45, 2.75) is 37.9 Å². The highest BCUT2D eigenvalue weighted by atomic mass is 16.7. The molecule has 2 fully saturated rings. The molecule has 4 aliphatic heterocycles. The van der Waals surface area contributed by atoms with Gasteiger partial charge >= 0.3 is 0 Å². The van der Waals surface area contributed by atoms with Crippen LogP contribution in [0.3, 0.4) is 0 Å². The number of benzene rings is 2. The zero-order valence-corrected chi connectivity index (χ0v) is 19.0. The Morgan fingerprint density at radius 3 is 2.71 bits per heavy atom. The fourth-order valence-corrected chi connectivity index (χ4v) is 5.90. The number of amides is 4. The van der Waals surface area contributed by atoms with E-state index in [9.17, 15) is 19.2 Å². The first kappa shape index (κ1) is 21.6. The Kier molecular flexibility index (Phi) is 4.65. The Hall–Kier alpha value is -3.92. The maximum absolute atomic E-state index is 13.9. The number of hydrogen-bond donors (Lipinski definition) is 3. The Balaban J connectivity index is 1.40. The van der Waals surface area contributed by atoms with Crippen LogP contribution in [0, 0.1) is 18.8 Å². The van der Waals surface area contributed by atoms with E-state index in [2.05, 4.69) is 10.6 Å². The van der Waals surface area contributed by atoms with Crippen molar-refractivity contribution >= 4 is 29.3 Å². The second-order valence-electron chi connectivity index (χ2n) is 9.52. The van der Waals surface area contributed by atoms with Gasteiger partial charge in [0.2, 0.25) is 30.4 Å². The highest BCUT2D eigenvalue weighted by Gasteiger charge is 2.70. The molecule has 6 rings (SSSR count). The van der Waals surface area contributed by atoms with Crippen molar-refractivity contribution in [2.75, 3.05) is 12.1 Å². The molecule has 4 amide bonds. The number of anilines is 1. The smallest absolute Gasteiger partial charge is 0.250 e. The Morgan fingerprint density at radius 1 is 1.11 bits per heavy atom. The minimum Gasteiger partial charge on any atom is -0.454 e. The maximum Gasteiger partial charge on any atom is 0.250 e. The zero-order chi connectivity index (χ0) is 24.5. The number of likely N-dealkylation sites (tertiary alicyclic amines) is 1. The molecule has 0 saturated carbocycles. The van der Waals surface area contributed by atoms with Crippen molar-refractivity contribution in [2.24, 2.45) is 17.6 Å². The number of imide groups is 1. The molecule has 180 valence electrons. The van der Waals surface area contributed by atoms with Gasteiger partial charge in [0.15, 0.2) is 11.5 Å². The third-order valence-corrected chi connectivity index (χ3v) is 7.44. The van der Waals surface area contributed by atoms with Gasteiger partial charge in [-0.25, -0.2) is 0 Å². The normalized spacial score (nSPS) is 28.0. The van der Waals surface area contributed by atoms with Crippen molar-refractivity contribution in [3.8, 4) is 11.5 Å². The second-order valence-corrected chi connectivity index (χ2v) is 9.52. The Morgan fingerprint density at radius 2 is 1.91 bits per heavy atom. The number of nitrogens with zero attached hydrogens (tertiary/aromatic N) is 1. The summed E-state index contributed by atoms with van der Waals surface area (Å²) in [6.07, 6.45) is 0.270. The lowest BCUT2D eigenvalue weighted by molar-refractivity contribution is -0.143. The van der Waals surface area contributed by atoms with Crippen LogP contribution in [-0.4, -0.2) is 41.4 Å². The van der Waals surface area contributed by atoms with E-state index in [4.69, 9.17) is 15.2 Å².